The highest BCUT2D eigenvalue weighted by Gasteiger charge is 2.35. The summed E-state index contributed by atoms with van der Waals surface area (Å²) in [7, 11) is -3.01. The van der Waals surface area contributed by atoms with E-state index in [1.807, 2.05) is 30.3 Å². The van der Waals surface area contributed by atoms with Crippen molar-refractivity contribution in [1.29, 1.82) is 0 Å². The van der Waals surface area contributed by atoms with Gasteiger partial charge in [0.15, 0.2) is 9.84 Å². The summed E-state index contributed by atoms with van der Waals surface area (Å²) >= 11 is 1.48. The fraction of sp³-hybridized carbons (Fsp3) is 0.471. The number of nitrogens with zero attached hydrogens (tertiary/aromatic N) is 1. The summed E-state index contributed by atoms with van der Waals surface area (Å²) in [6.45, 7) is 4.69. The summed E-state index contributed by atoms with van der Waals surface area (Å²) in [5.74, 6) is 0.543. The average Bonchev–Trinajstić information content (AvgIpc) is 3.06. The number of fused-ring (bicyclic) bond motifs is 1. The lowest BCUT2D eigenvalue weighted by atomic mass is 10.1. The van der Waals surface area contributed by atoms with Crippen LogP contribution in [-0.4, -0.2) is 43.3 Å². The second kappa shape index (κ2) is 6.24. The zero-order valence-electron chi connectivity index (χ0n) is 13.4. The zero-order chi connectivity index (χ0) is 16.6. The number of amides is 1. The van der Waals surface area contributed by atoms with Crippen LogP contribution in [0.3, 0.4) is 0 Å². The SMILES string of the molecule is CC(C)CN(C(=O)c1cc2ccccc2s1)C1CCS(=O)(=O)C1. The van der Waals surface area contributed by atoms with Gasteiger partial charge in [0.1, 0.15) is 0 Å². The highest BCUT2D eigenvalue weighted by atomic mass is 32.2. The topological polar surface area (TPSA) is 54.5 Å². The van der Waals surface area contributed by atoms with Crippen LogP contribution < -0.4 is 0 Å². The van der Waals surface area contributed by atoms with Crippen molar-refractivity contribution < 1.29 is 13.2 Å². The second-order valence-electron chi connectivity index (χ2n) is 6.56. The third-order valence-electron chi connectivity index (χ3n) is 4.11. The predicted octanol–water partition coefficient (Wildman–Crippen LogP) is 3.19. The Balaban J connectivity index is 1.90. The molecular weight excluding hydrogens is 330 g/mol. The van der Waals surface area contributed by atoms with Crippen molar-refractivity contribution in [2.24, 2.45) is 5.92 Å². The molecule has 23 heavy (non-hydrogen) atoms. The van der Waals surface area contributed by atoms with Gasteiger partial charge >= 0.3 is 0 Å². The summed E-state index contributed by atoms with van der Waals surface area (Å²) in [5, 5.41) is 1.06. The molecule has 2 aromatic rings. The number of rotatable bonds is 4. The minimum atomic E-state index is -3.01. The highest BCUT2D eigenvalue weighted by Crippen LogP contribution is 2.28. The van der Waals surface area contributed by atoms with Crippen LogP contribution >= 0.6 is 11.3 Å². The van der Waals surface area contributed by atoms with Crippen molar-refractivity contribution in [3.05, 3.63) is 35.2 Å². The predicted molar refractivity (Wildman–Crippen MR) is 94.8 cm³/mol. The van der Waals surface area contributed by atoms with E-state index in [0.29, 0.717) is 23.8 Å². The largest absolute Gasteiger partial charge is 0.334 e. The smallest absolute Gasteiger partial charge is 0.264 e. The number of carbonyl (C=O) groups is 1. The monoisotopic (exact) mass is 351 g/mol. The van der Waals surface area contributed by atoms with Crippen LogP contribution in [0.2, 0.25) is 0 Å². The Bertz CT molecular complexity index is 790. The molecule has 3 rings (SSSR count). The summed E-state index contributed by atoms with van der Waals surface area (Å²) in [5.41, 5.74) is 0. The molecule has 0 saturated carbocycles. The van der Waals surface area contributed by atoms with E-state index in [2.05, 4.69) is 13.8 Å². The first kappa shape index (κ1) is 16.5. The summed E-state index contributed by atoms with van der Waals surface area (Å²) in [6, 6.07) is 9.64. The van der Waals surface area contributed by atoms with Crippen LogP contribution in [0.25, 0.3) is 10.1 Å². The van der Waals surface area contributed by atoms with E-state index in [4.69, 9.17) is 0 Å². The van der Waals surface area contributed by atoms with E-state index >= 15 is 0 Å². The van der Waals surface area contributed by atoms with Crippen molar-refractivity contribution in [3.8, 4) is 0 Å². The van der Waals surface area contributed by atoms with Gasteiger partial charge in [-0.05, 0) is 29.9 Å². The van der Waals surface area contributed by atoms with Gasteiger partial charge in [-0.15, -0.1) is 11.3 Å². The van der Waals surface area contributed by atoms with Crippen LogP contribution in [0, 0.1) is 5.92 Å². The van der Waals surface area contributed by atoms with E-state index in [1.165, 1.54) is 11.3 Å². The van der Waals surface area contributed by atoms with Crippen molar-refractivity contribution in [2.45, 2.75) is 26.3 Å². The first-order valence-electron chi connectivity index (χ1n) is 7.86. The average molecular weight is 351 g/mol. The summed E-state index contributed by atoms with van der Waals surface area (Å²) in [4.78, 5) is 15.5. The van der Waals surface area contributed by atoms with E-state index in [9.17, 15) is 13.2 Å². The molecule has 1 aromatic carbocycles. The molecule has 0 aliphatic carbocycles. The Morgan fingerprint density at radius 3 is 2.70 bits per heavy atom. The molecule has 1 amide bonds. The summed E-state index contributed by atoms with van der Waals surface area (Å²) in [6.07, 6.45) is 0.547. The van der Waals surface area contributed by atoms with Crippen molar-refractivity contribution in [3.63, 3.8) is 0 Å². The third kappa shape index (κ3) is 3.58. The van der Waals surface area contributed by atoms with Crippen molar-refractivity contribution in [1.82, 2.24) is 4.90 Å². The molecule has 0 bridgehead atoms. The van der Waals surface area contributed by atoms with Gasteiger partial charge < -0.3 is 4.90 Å². The minimum absolute atomic E-state index is 0.0398. The fourth-order valence-corrected chi connectivity index (χ4v) is 5.79. The Kier molecular flexibility index (Phi) is 4.47. The van der Waals surface area contributed by atoms with Gasteiger partial charge in [0.25, 0.3) is 5.91 Å². The molecule has 4 nitrogen and oxygen atoms in total. The molecule has 0 radical (unpaired) electrons. The van der Waals surface area contributed by atoms with Gasteiger partial charge in [-0.1, -0.05) is 32.0 Å². The van der Waals surface area contributed by atoms with Gasteiger partial charge in [0.05, 0.1) is 16.4 Å². The second-order valence-corrected chi connectivity index (χ2v) is 9.87. The van der Waals surface area contributed by atoms with E-state index in [0.717, 1.165) is 10.1 Å². The number of carbonyl (C=O) groups excluding carboxylic acids is 1. The third-order valence-corrected chi connectivity index (χ3v) is 6.96. The minimum Gasteiger partial charge on any atom is -0.334 e. The Morgan fingerprint density at radius 1 is 1.35 bits per heavy atom. The van der Waals surface area contributed by atoms with Gasteiger partial charge in [-0.2, -0.15) is 0 Å². The van der Waals surface area contributed by atoms with E-state index in [-0.39, 0.29) is 23.5 Å². The molecule has 1 aliphatic rings. The lowest BCUT2D eigenvalue weighted by Gasteiger charge is -2.29. The molecule has 1 fully saturated rings. The maximum Gasteiger partial charge on any atom is 0.264 e. The Labute approximate surface area is 141 Å². The van der Waals surface area contributed by atoms with Crippen LogP contribution in [0.15, 0.2) is 30.3 Å². The lowest BCUT2D eigenvalue weighted by Crippen LogP contribution is -2.43. The quantitative estimate of drug-likeness (QED) is 0.850. The maximum absolute atomic E-state index is 13.0. The highest BCUT2D eigenvalue weighted by molar-refractivity contribution is 7.91. The number of sulfone groups is 1. The normalized spacial score (nSPS) is 20.2. The zero-order valence-corrected chi connectivity index (χ0v) is 15.0. The molecule has 1 unspecified atom stereocenters. The molecule has 0 N–H and O–H groups in total. The molecule has 1 saturated heterocycles. The van der Waals surface area contributed by atoms with Gasteiger partial charge in [-0.3, -0.25) is 4.79 Å². The summed E-state index contributed by atoms with van der Waals surface area (Å²) < 4.78 is 24.7. The molecule has 0 spiro atoms. The number of thiophene rings is 1. The van der Waals surface area contributed by atoms with Crippen LogP contribution in [-0.2, 0) is 9.84 Å². The molecular formula is C17H21NO3S2. The molecule has 1 atom stereocenters. The molecule has 2 heterocycles. The number of hydrogen-bond acceptors (Lipinski definition) is 4. The van der Waals surface area contributed by atoms with Gasteiger partial charge in [-0.25, -0.2) is 8.42 Å². The van der Waals surface area contributed by atoms with Crippen molar-refractivity contribution >= 4 is 37.2 Å². The fourth-order valence-electron chi connectivity index (χ4n) is 3.04. The van der Waals surface area contributed by atoms with E-state index < -0.39 is 9.84 Å². The first-order valence-corrected chi connectivity index (χ1v) is 10.5. The number of hydrogen-bond donors (Lipinski definition) is 0. The lowest BCUT2D eigenvalue weighted by molar-refractivity contribution is 0.0677. The standard InChI is InChI=1S/C17H21NO3S2/c1-12(2)10-18(14-7-8-23(20,21)11-14)17(19)16-9-13-5-3-4-6-15(13)22-16/h3-6,9,12,14H,7-8,10-11H2,1-2H3. The van der Waals surface area contributed by atoms with Gasteiger partial charge in [0.2, 0.25) is 0 Å². The Hall–Kier alpha value is -1.40. The van der Waals surface area contributed by atoms with Crippen molar-refractivity contribution in [2.75, 3.05) is 18.1 Å². The number of benzene rings is 1. The van der Waals surface area contributed by atoms with Crippen LogP contribution in [0.5, 0.6) is 0 Å². The van der Waals surface area contributed by atoms with Crippen LogP contribution in [0.1, 0.15) is 29.9 Å². The molecule has 1 aliphatic heterocycles. The Morgan fingerprint density at radius 2 is 2.09 bits per heavy atom. The molecule has 6 heteroatoms. The first-order chi connectivity index (χ1) is 10.9. The van der Waals surface area contributed by atoms with E-state index in [1.54, 1.807) is 4.90 Å². The maximum atomic E-state index is 13.0. The van der Waals surface area contributed by atoms with Gasteiger partial charge in [0, 0.05) is 17.3 Å². The van der Waals surface area contributed by atoms with Crippen LogP contribution in [0.4, 0.5) is 0 Å². The molecule has 1 aromatic heterocycles. The molecule has 124 valence electrons.